The van der Waals surface area contributed by atoms with E-state index in [9.17, 15) is 16.8 Å². The van der Waals surface area contributed by atoms with Gasteiger partial charge in [-0.1, -0.05) is 36.8 Å². The number of rotatable bonds is 4. The van der Waals surface area contributed by atoms with Gasteiger partial charge in [0.25, 0.3) is 0 Å². The quantitative estimate of drug-likeness (QED) is 0.711. The Morgan fingerprint density at radius 2 is 1.63 bits per heavy atom. The molecule has 1 saturated heterocycles. The van der Waals surface area contributed by atoms with Crippen molar-refractivity contribution in [2.75, 3.05) is 24.2 Å². The van der Waals surface area contributed by atoms with Gasteiger partial charge in [0, 0.05) is 24.4 Å². The summed E-state index contributed by atoms with van der Waals surface area (Å²) >= 11 is 6.78. The molecule has 0 unspecified atom stereocenters. The maximum absolute atomic E-state index is 13.2. The van der Waals surface area contributed by atoms with E-state index in [1.807, 2.05) is 4.90 Å². The summed E-state index contributed by atoms with van der Waals surface area (Å²) in [7, 11) is -7.60. The molecule has 0 saturated carbocycles. The van der Waals surface area contributed by atoms with Crippen LogP contribution >= 0.6 is 22.9 Å². The normalized spacial score (nSPS) is 21.4. The molecule has 6 nitrogen and oxygen atoms in total. The molecular weight excluding hydrogens is 428 g/mol. The number of nitrogens with zero attached hydrogens (tertiary/aromatic N) is 2. The van der Waals surface area contributed by atoms with E-state index in [2.05, 4.69) is 18.8 Å². The predicted molar refractivity (Wildman–Crippen MR) is 107 cm³/mol. The number of thiazole rings is 1. The van der Waals surface area contributed by atoms with E-state index in [-0.39, 0.29) is 14.3 Å². The molecule has 1 aliphatic rings. The lowest BCUT2D eigenvalue weighted by molar-refractivity contribution is 0.357. The van der Waals surface area contributed by atoms with E-state index < -0.39 is 19.7 Å². The molecule has 148 valence electrons. The molecule has 1 aliphatic heterocycles. The van der Waals surface area contributed by atoms with Gasteiger partial charge < -0.3 is 4.90 Å². The molecular formula is C17H21ClN2O4S3. The molecule has 10 heteroatoms. The Balaban J connectivity index is 2.16. The Bertz CT molecular complexity index is 1040. The highest BCUT2D eigenvalue weighted by Crippen LogP contribution is 2.39. The Labute approximate surface area is 169 Å². The second-order valence-electron chi connectivity index (χ2n) is 7.17. The first kappa shape index (κ1) is 20.6. The number of hydrogen-bond donors (Lipinski definition) is 0. The lowest BCUT2D eigenvalue weighted by Gasteiger charge is -2.35. The molecule has 1 fully saturated rings. The molecule has 1 aromatic carbocycles. The molecule has 3 rings (SSSR count). The molecule has 0 amide bonds. The fourth-order valence-electron chi connectivity index (χ4n) is 3.37. The summed E-state index contributed by atoms with van der Waals surface area (Å²) in [5.41, 5.74) is 0. The van der Waals surface area contributed by atoms with Gasteiger partial charge in [0.1, 0.15) is 5.00 Å². The molecule has 2 aromatic rings. The highest BCUT2D eigenvalue weighted by Gasteiger charge is 2.34. The van der Waals surface area contributed by atoms with Crippen LogP contribution in [-0.4, -0.2) is 41.2 Å². The molecule has 0 N–H and O–H groups in total. The van der Waals surface area contributed by atoms with Crippen molar-refractivity contribution in [3.63, 3.8) is 0 Å². The van der Waals surface area contributed by atoms with E-state index in [1.165, 1.54) is 24.3 Å². The van der Waals surface area contributed by atoms with Crippen molar-refractivity contribution in [3.8, 4) is 0 Å². The van der Waals surface area contributed by atoms with Gasteiger partial charge in [-0.05, 0) is 42.5 Å². The Hall–Kier alpha value is -1.16. The van der Waals surface area contributed by atoms with Gasteiger partial charge in [-0.2, -0.15) is 0 Å². The molecule has 2 atom stereocenters. The maximum Gasteiger partial charge on any atom is 0.226 e. The smallest absolute Gasteiger partial charge is 0.226 e. The van der Waals surface area contributed by atoms with Crippen LogP contribution in [0, 0.1) is 11.8 Å². The fraction of sp³-hybridized carbons (Fsp3) is 0.471. The summed E-state index contributed by atoms with van der Waals surface area (Å²) in [6.07, 6.45) is 2.09. The summed E-state index contributed by atoms with van der Waals surface area (Å²) in [5, 5.41) is 0.614. The van der Waals surface area contributed by atoms with E-state index in [0.717, 1.165) is 24.0 Å². The highest BCUT2D eigenvalue weighted by atomic mass is 35.5. The zero-order chi connectivity index (χ0) is 20.0. The average Bonchev–Trinajstić information content (AvgIpc) is 3.00. The number of sulfone groups is 2. The van der Waals surface area contributed by atoms with Gasteiger partial charge in [-0.3, -0.25) is 0 Å². The van der Waals surface area contributed by atoms with Crippen molar-refractivity contribution in [1.29, 1.82) is 0 Å². The van der Waals surface area contributed by atoms with Crippen LogP contribution < -0.4 is 4.90 Å². The number of halogens is 1. The summed E-state index contributed by atoms with van der Waals surface area (Å²) in [6, 6.07) is 5.79. The first-order chi connectivity index (χ1) is 12.5. The van der Waals surface area contributed by atoms with Gasteiger partial charge >= 0.3 is 0 Å². The third-order valence-electron chi connectivity index (χ3n) is 4.41. The van der Waals surface area contributed by atoms with Gasteiger partial charge in [0.15, 0.2) is 5.03 Å². The number of benzene rings is 1. The lowest BCUT2D eigenvalue weighted by Crippen LogP contribution is -2.38. The molecule has 0 spiro atoms. The largest absolute Gasteiger partial charge is 0.360 e. The van der Waals surface area contributed by atoms with Crippen LogP contribution in [0.2, 0.25) is 5.02 Å². The zero-order valence-electron chi connectivity index (χ0n) is 15.2. The van der Waals surface area contributed by atoms with Gasteiger partial charge in [-0.25, -0.2) is 21.8 Å². The van der Waals surface area contributed by atoms with Gasteiger partial charge in [0.2, 0.25) is 24.0 Å². The molecule has 0 aliphatic carbocycles. The van der Waals surface area contributed by atoms with E-state index in [0.29, 0.717) is 34.9 Å². The zero-order valence-corrected chi connectivity index (χ0v) is 18.4. The van der Waals surface area contributed by atoms with E-state index in [4.69, 9.17) is 11.6 Å². The molecule has 27 heavy (non-hydrogen) atoms. The van der Waals surface area contributed by atoms with Crippen LogP contribution in [0.15, 0.2) is 38.5 Å². The van der Waals surface area contributed by atoms with Crippen molar-refractivity contribution < 1.29 is 16.8 Å². The standard InChI is InChI=1S/C17H21ClN2O4S3/c1-11-8-12(2)10-20(9-11)16-15(19-17(25-16)26(3,21)22)27(23,24)14-6-4-13(18)5-7-14/h4-7,11-12H,8-10H2,1-3H3/t11-,12+. The van der Waals surface area contributed by atoms with Crippen LogP contribution in [0.3, 0.4) is 0 Å². The van der Waals surface area contributed by atoms with E-state index in [1.54, 1.807) is 0 Å². The van der Waals surface area contributed by atoms with Crippen molar-refractivity contribution in [2.45, 2.75) is 34.5 Å². The minimum Gasteiger partial charge on any atom is -0.360 e. The maximum atomic E-state index is 13.2. The van der Waals surface area contributed by atoms with Crippen molar-refractivity contribution in [3.05, 3.63) is 29.3 Å². The molecule has 2 heterocycles. The Morgan fingerprint density at radius 3 is 2.15 bits per heavy atom. The van der Waals surface area contributed by atoms with Crippen molar-refractivity contribution in [2.24, 2.45) is 11.8 Å². The first-order valence-corrected chi connectivity index (χ1v) is 13.0. The van der Waals surface area contributed by atoms with Gasteiger partial charge in [0.05, 0.1) is 4.90 Å². The SMILES string of the molecule is C[C@@H]1C[C@H](C)CN(c2sc(S(C)(=O)=O)nc2S(=O)(=O)c2ccc(Cl)cc2)C1. The summed E-state index contributed by atoms with van der Waals surface area (Å²) < 4.78 is 50.3. The van der Waals surface area contributed by atoms with Crippen LogP contribution in [0.5, 0.6) is 0 Å². The summed E-state index contributed by atoms with van der Waals surface area (Å²) in [5.74, 6) is 0.757. The molecule has 0 radical (unpaired) electrons. The minimum atomic E-state index is -3.98. The summed E-state index contributed by atoms with van der Waals surface area (Å²) in [4.78, 5) is 6.04. The third kappa shape index (κ3) is 4.31. The van der Waals surface area contributed by atoms with Crippen LogP contribution in [0.1, 0.15) is 20.3 Å². The average molecular weight is 449 g/mol. The number of hydrogen-bond acceptors (Lipinski definition) is 7. The first-order valence-electron chi connectivity index (χ1n) is 8.45. The monoisotopic (exact) mass is 448 g/mol. The van der Waals surface area contributed by atoms with Crippen LogP contribution in [-0.2, 0) is 19.7 Å². The lowest BCUT2D eigenvalue weighted by atomic mass is 9.92. The Morgan fingerprint density at radius 1 is 1.07 bits per heavy atom. The molecule has 0 bridgehead atoms. The second-order valence-corrected chi connectivity index (χ2v) is 12.6. The number of anilines is 1. The van der Waals surface area contributed by atoms with Crippen LogP contribution in [0.25, 0.3) is 0 Å². The van der Waals surface area contributed by atoms with Gasteiger partial charge in [-0.15, -0.1) is 0 Å². The number of piperidine rings is 1. The fourth-order valence-corrected chi connectivity index (χ4v) is 7.16. The summed E-state index contributed by atoms with van der Waals surface area (Å²) in [6.45, 7) is 5.54. The minimum absolute atomic E-state index is 0.0385. The predicted octanol–water partition coefficient (Wildman–Crippen LogP) is 3.52. The van der Waals surface area contributed by atoms with Crippen molar-refractivity contribution >= 4 is 47.6 Å². The van der Waals surface area contributed by atoms with Crippen LogP contribution in [0.4, 0.5) is 5.00 Å². The van der Waals surface area contributed by atoms with Crippen molar-refractivity contribution in [1.82, 2.24) is 4.98 Å². The number of aromatic nitrogens is 1. The second kappa shape index (κ2) is 7.35. The Kier molecular flexibility index (Phi) is 5.60. The van der Waals surface area contributed by atoms with E-state index >= 15 is 0 Å². The molecule has 1 aromatic heterocycles. The highest BCUT2D eigenvalue weighted by molar-refractivity contribution is 7.93. The third-order valence-corrected chi connectivity index (χ3v) is 9.27. The topological polar surface area (TPSA) is 84.4 Å².